The smallest absolute Gasteiger partial charge is 0.0176 e. The molecule has 6 N–H and O–H groups in total. The highest BCUT2D eigenvalue weighted by Crippen LogP contribution is 1.84. The van der Waals surface area contributed by atoms with Crippen LogP contribution in [0.25, 0.3) is 0 Å². The van der Waals surface area contributed by atoms with Gasteiger partial charge in [0.1, 0.15) is 0 Å². The molecule has 0 fully saturated rings. The second-order valence-electron chi connectivity index (χ2n) is 1.15. The summed E-state index contributed by atoms with van der Waals surface area (Å²) in [5, 5.41) is 3.04. The molecule has 0 unspecified atom stereocenters. The van der Waals surface area contributed by atoms with Crippen molar-refractivity contribution in [2.75, 3.05) is 6.54 Å². The number of hydrogen-bond donors (Lipinski definition) is 2. The predicted octanol–water partition coefficient (Wildman–Crippen LogP) is -0.169. The summed E-state index contributed by atoms with van der Waals surface area (Å²) in [6, 6.07) is 0. The summed E-state index contributed by atoms with van der Waals surface area (Å²) in [5.41, 5.74) is 0. The zero-order valence-corrected chi connectivity index (χ0v) is 4.28. The van der Waals surface area contributed by atoms with E-state index in [0.717, 1.165) is 6.54 Å². The van der Waals surface area contributed by atoms with E-state index in [9.17, 15) is 0 Å². The maximum absolute atomic E-state index is 3.04. The Labute approximate surface area is 43.3 Å². The van der Waals surface area contributed by atoms with Crippen molar-refractivity contribution >= 4 is 0 Å². The van der Waals surface area contributed by atoms with Gasteiger partial charge < -0.3 is 16.9 Å². The highest BCUT2D eigenvalue weighted by atomic mass is 16.0. The van der Waals surface area contributed by atoms with E-state index in [1.54, 1.807) is 0 Å². The molecule has 3 nitrogen and oxygen atoms in total. The van der Waals surface area contributed by atoms with E-state index in [1.165, 1.54) is 6.42 Å². The molecule has 1 heterocycles. The van der Waals surface area contributed by atoms with E-state index >= 15 is 0 Å². The first kappa shape index (κ1) is 9.68. The van der Waals surface area contributed by atoms with Crippen LogP contribution in [0.2, 0.25) is 0 Å². The minimum atomic E-state index is 0. The van der Waals surface area contributed by atoms with Crippen LogP contribution < -0.4 is 11.5 Å². The molecule has 0 aromatic rings. The fourth-order valence-corrected chi connectivity index (χ4v) is 0.417. The third kappa shape index (κ3) is 3.29. The Balaban J connectivity index is 0. The topological polar surface area (TPSA) is 78.5 Å². The van der Waals surface area contributed by atoms with Gasteiger partial charge in [0.15, 0.2) is 0 Å². The van der Waals surface area contributed by atoms with Crippen molar-refractivity contribution in [2.24, 2.45) is 0 Å². The molecule has 1 aliphatic rings. The molecule has 0 amide bonds. The molecule has 44 valence electrons. The van der Waals surface area contributed by atoms with Crippen LogP contribution in [-0.2, 0) is 0 Å². The highest BCUT2D eigenvalue weighted by Gasteiger charge is 1.81. The van der Waals surface area contributed by atoms with Gasteiger partial charge in [-0.2, -0.15) is 0 Å². The summed E-state index contributed by atoms with van der Waals surface area (Å²) in [6.07, 6.45) is 5.32. The molecular weight excluding hydrogens is 92.1 g/mol. The van der Waals surface area contributed by atoms with Gasteiger partial charge in [-0.1, -0.05) is 6.08 Å². The SMILES string of the molecule is C1=CNCC1.N.O. The molecule has 0 aromatic carbocycles. The molecule has 7 heavy (non-hydrogen) atoms. The van der Waals surface area contributed by atoms with Crippen molar-refractivity contribution in [3.05, 3.63) is 12.3 Å². The Bertz CT molecular complexity index is 47.7. The molecule has 0 atom stereocenters. The third-order valence-corrected chi connectivity index (χ3v) is 0.691. The lowest BCUT2D eigenvalue weighted by Crippen LogP contribution is -1.96. The fourth-order valence-electron chi connectivity index (χ4n) is 0.417. The van der Waals surface area contributed by atoms with Crippen LogP contribution >= 0.6 is 0 Å². The largest absolute Gasteiger partial charge is 0.412 e. The molecule has 3 heteroatoms. The summed E-state index contributed by atoms with van der Waals surface area (Å²) in [4.78, 5) is 0. The third-order valence-electron chi connectivity index (χ3n) is 0.691. The van der Waals surface area contributed by atoms with E-state index in [1.807, 2.05) is 6.20 Å². The van der Waals surface area contributed by atoms with E-state index in [2.05, 4.69) is 11.4 Å². The van der Waals surface area contributed by atoms with E-state index in [0.29, 0.717) is 0 Å². The second-order valence-corrected chi connectivity index (χ2v) is 1.15. The van der Waals surface area contributed by atoms with Crippen LogP contribution in [0, 0.1) is 0 Å². The van der Waals surface area contributed by atoms with Crippen LogP contribution in [0.1, 0.15) is 6.42 Å². The van der Waals surface area contributed by atoms with Crippen LogP contribution in [-0.4, -0.2) is 12.0 Å². The number of hydrogen-bond acceptors (Lipinski definition) is 2. The summed E-state index contributed by atoms with van der Waals surface area (Å²) in [6.45, 7) is 1.14. The van der Waals surface area contributed by atoms with Gasteiger partial charge in [0.05, 0.1) is 0 Å². The second kappa shape index (κ2) is 5.46. The number of nitrogens with one attached hydrogen (secondary N) is 1. The molecular formula is C4H12N2O. The minimum Gasteiger partial charge on any atom is -0.412 e. The molecule has 0 aromatic heterocycles. The van der Waals surface area contributed by atoms with Crippen LogP contribution in [0.15, 0.2) is 12.3 Å². The molecule has 0 aliphatic carbocycles. The Kier molecular flexibility index (Phi) is 7.55. The Morgan fingerprint density at radius 2 is 2.14 bits per heavy atom. The van der Waals surface area contributed by atoms with Crippen molar-refractivity contribution in [3.63, 3.8) is 0 Å². The van der Waals surface area contributed by atoms with Gasteiger partial charge in [-0.3, -0.25) is 0 Å². The monoisotopic (exact) mass is 104 g/mol. The van der Waals surface area contributed by atoms with Crippen molar-refractivity contribution in [1.29, 1.82) is 0 Å². The van der Waals surface area contributed by atoms with Crippen LogP contribution in [0.3, 0.4) is 0 Å². The van der Waals surface area contributed by atoms with Gasteiger partial charge in [0.25, 0.3) is 0 Å². The summed E-state index contributed by atoms with van der Waals surface area (Å²) >= 11 is 0. The highest BCUT2D eigenvalue weighted by molar-refractivity contribution is 4.86. The summed E-state index contributed by atoms with van der Waals surface area (Å²) in [7, 11) is 0. The van der Waals surface area contributed by atoms with E-state index < -0.39 is 0 Å². The lowest BCUT2D eigenvalue weighted by atomic mass is 10.5. The fraction of sp³-hybridized carbons (Fsp3) is 0.500. The van der Waals surface area contributed by atoms with Crippen LogP contribution in [0.5, 0.6) is 0 Å². The molecule has 0 bridgehead atoms. The Hall–Kier alpha value is -0.540. The minimum absolute atomic E-state index is 0. The lowest BCUT2D eigenvalue weighted by Gasteiger charge is -1.78. The lowest BCUT2D eigenvalue weighted by molar-refractivity contribution is 0.824. The number of rotatable bonds is 0. The first-order valence-corrected chi connectivity index (χ1v) is 1.88. The maximum Gasteiger partial charge on any atom is 0.0176 e. The van der Waals surface area contributed by atoms with Crippen molar-refractivity contribution in [1.82, 2.24) is 11.5 Å². The van der Waals surface area contributed by atoms with Gasteiger partial charge in [0, 0.05) is 6.54 Å². The molecule has 0 radical (unpaired) electrons. The first-order chi connectivity index (χ1) is 2.50. The quantitative estimate of drug-likeness (QED) is 0.447. The van der Waals surface area contributed by atoms with Gasteiger partial charge in [-0.25, -0.2) is 0 Å². The zero-order chi connectivity index (χ0) is 3.54. The van der Waals surface area contributed by atoms with Crippen molar-refractivity contribution < 1.29 is 5.48 Å². The van der Waals surface area contributed by atoms with Crippen molar-refractivity contribution in [3.8, 4) is 0 Å². The molecule has 0 spiro atoms. The molecule has 0 saturated heterocycles. The van der Waals surface area contributed by atoms with Crippen LogP contribution in [0.4, 0.5) is 0 Å². The zero-order valence-electron chi connectivity index (χ0n) is 4.28. The van der Waals surface area contributed by atoms with Gasteiger partial charge in [0.2, 0.25) is 0 Å². The predicted molar refractivity (Wildman–Crippen MR) is 30.4 cm³/mol. The standard InChI is InChI=1S/C4H7N.H3N.H2O/c1-2-4-5-3-1;;/h1,3,5H,2,4H2;1H3;1H2. The molecule has 0 saturated carbocycles. The average molecular weight is 104 g/mol. The van der Waals surface area contributed by atoms with Gasteiger partial charge in [-0.15, -0.1) is 0 Å². The molecule has 1 rings (SSSR count). The Morgan fingerprint density at radius 3 is 2.29 bits per heavy atom. The molecule has 1 aliphatic heterocycles. The van der Waals surface area contributed by atoms with E-state index in [4.69, 9.17) is 0 Å². The van der Waals surface area contributed by atoms with E-state index in [-0.39, 0.29) is 11.6 Å². The van der Waals surface area contributed by atoms with Gasteiger partial charge in [-0.05, 0) is 12.6 Å². The maximum atomic E-state index is 3.04. The first-order valence-electron chi connectivity index (χ1n) is 1.88. The summed E-state index contributed by atoms with van der Waals surface area (Å²) in [5.74, 6) is 0. The van der Waals surface area contributed by atoms with Gasteiger partial charge >= 0.3 is 0 Å². The summed E-state index contributed by atoms with van der Waals surface area (Å²) < 4.78 is 0. The van der Waals surface area contributed by atoms with Crippen molar-refractivity contribution in [2.45, 2.75) is 6.42 Å². The normalized spacial score (nSPS) is 13.7. The Morgan fingerprint density at radius 1 is 1.43 bits per heavy atom. The average Bonchev–Trinajstić information content (AvgIpc) is 1.76.